The topological polar surface area (TPSA) is 39.2 Å². The summed E-state index contributed by atoms with van der Waals surface area (Å²) in [6.07, 6.45) is 3.46. The average Bonchev–Trinajstić information content (AvgIpc) is 3.27. The number of thiazole rings is 1. The molecule has 2 aromatic rings. The SMILES string of the molecule is C[C@@H]1C(=O)O[C@@H]2[C@H]1CC[C@]1(C)Cc3sc(-c4ccsc4)nc3[C@H](C)[C@H]21. The fourth-order valence-corrected chi connectivity index (χ4v) is 7.66. The van der Waals surface area contributed by atoms with Gasteiger partial charge in [-0.25, -0.2) is 4.98 Å². The number of esters is 1. The maximum Gasteiger partial charge on any atom is 0.309 e. The van der Waals surface area contributed by atoms with E-state index in [0.29, 0.717) is 17.8 Å². The third-order valence-corrected chi connectivity index (χ3v) is 8.73. The molecule has 2 aromatic heterocycles. The van der Waals surface area contributed by atoms with Gasteiger partial charge in [0.05, 0.1) is 11.6 Å². The van der Waals surface area contributed by atoms with Crippen LogP contribution in [0.4, 0.5) is 0 Å². The Kier molecular flexibility index (Phi) is 3.46. The molecule has 132 valence electrons. The Morgan fingerprint density at radius 2 is 2.16 bits per heavy atom. The lowest BCUT2D eigenvalue weighted by atomic mass is 9.54. The Hall–Kier alpha value is -1.20. The summed E-state index contributed by atoms with van der Waals surface area (Å²) in [5.74, 6) is 1.20. The van der Waals surface area contributed by atoms with Gasteiger partial charge in [0.1, 0.15) is 11.1 Å². The Labute approximate surface area is 156 Å². The molecule has 0 unspecified atom stereocenters. The second kappa shape index (κ2) is 5.40. The molecule has 1 saturated heterocycles. The van der Waals surface area contributed by atoms with E-state index in [1.807, 2.05) is 18.3 Å². The molecule has 6 atom stereocenters. The lowest BCUT2D eigenvalue weighted by Crippen LogP contribution is -2.50. The van der Waals surface area contributed by atoms with Crippen LogP contribution in [0.25, 0.3) is 10.6 Å². The Balaban J connectivity index is 1.56. The molecule has 3 aliphatic rings. The van der Waals surface area contributed by atoms with E-state index in [2.05, 4.69) is 30.7 Å². The number of ether oxygens (including phenoxy) is 1. The predicted molar refractivity (Wildman–Crippen MR) is 101 cm³/mol. The van der Waals surface area contributed by atoms with Crippen LogP contribution in [0.2, 0.25) is 0 Å². The summed E-state index contributed by atoms with van der Waals surface area (Å²) in [6, 6.07) is 2.16. The van der Waals surface area contributed by atoms with E-state index in [1.54, 1.807) is 11.3 Å². The standard InChI is InChI=1S/C20H23NO2S2/c1-10-13-4-6-20(3)8-14-16(11(2)15(20)17(13)23-19(10)22)21-18(25-14)12-5-7-24-9-12/h5,7,9-11,13,15,17H,4,6,8H2,1-3H3/t10-,11+,13-,15+,17+,20+/m0/s1. The van der Waals surface area contributed by atoms with Crippen molar-refractivity contribution in [2.45, 2.75) is 52.1 Å². The molecule has 0 radical (unpaired) electrons. The second-order valence-electron chi connectivity index (χ2n) is 8.38. The molecule has 2 aliphatic carbocycles. The summed E-state index contributed by atoms with van der Waals surface area (Å²) in [7, 11) is 0. The molecular weight excluding hydrogens is 350 g/mol. The highest BCUT2D eigenvalue weighted by molar-refractivity contribution is 7.15. The molecule has 0 spiro atoms. The van der Waals surface area contributed by atoms with Crippen molar-refractivity contribution in [2.24, 2.45) is 23.2 Å². The Bertz CT molecular complexity index is 827. The molecular formula is C20H23NO2S2. The molecule has 0 amide bonds. The molecule has 0 N–H and O–H groups in total. The van der Waals surface area contributed by atoms with Crippen molar-refractivity contribution in [2.75, 3.05) is 0 Å². The van der Waals surface area contributed by atoms with Crippen LogP contribution in [0.5, 0.6) is 0 Å². The first kappa shape index (κ1) is 16.0. The minimum absolute atomic E-state index is 0.00878. The molecule has 1 aliphatic heterocycles. The van der Waals surface area contributed by atoms with Gasteiger partial charge in [0.15, 0.2) is 0 Å². The summed E-state index contributed by atoms with van der Waals surface area (Å²) in [6.45, 7) is 6.76. The van der Waals surface area contributed by atoms with Crippen LogP contribution in [-0.4, -0.2) is 17.1 Å². The zero-order valence-electron chi connectivity index (χ0n) is 14.8. The highest BCUT2D eigenvalue weighted by Gasteiger charge is 2.58. The number of hydrogen-bond donors (Lipinski definition) is 0. The maximum atomic E-state index is 12.2. The van der Waals surface area contributed by atoms with Crippen LogP contribution in [-0.2, 0) is 16.0 Å². The summed E-state index contributed by atoms with van der Waals surface area (Å²) in [4.78, 5) is 18.7. The van der Waals surface area contributed by atoms with E-state index >= 15 is 0 Å². The first-order chi connectivity index (χ1) is 12.0. The smallest absolute Gasteiger partial charge is 0.309 e. The molecule has 5 heteroatoms. The van der Waals surface area contributed by atoms with Gasteiger partial charge in [-0.05, 0) is 36.1 Å². The minimum atomic E-state index is 0.00878. The number of rotatable bonds is 1. The number of hydrogen-bond acceptors (Lipinski definition) is 5. The van der Waals surface area contributed by atoms with Crippen molar-refractivity contribution in [3.05, 3.63) is 27.4 Å². The number of carbonyl (C=O) groups excluding carboxylic acids is 1. The number of carbonyl (C=O) groups is 1. The fraction of sp³-hybridized carbons (Fsp3) is 0.600. The van der Waals surface area contributed by atoms with Gasteiger partial charge < -0.3 is 4.74 Å². The summed E-state index contributed by atoms with van der Waals surface area (Å²) in [5.41, 5.74) is 2.71. The molecule has 5 rings (SSSR count). The molecule has 1 saturated carbocycles. The average molecular weight is 374 g/mol. The van der Waals surface area contributed by atoms with Gasteiger partial charge in [0, 0.05) is 33.6 Å². The van der Waals surface area contributed by atoms with Crippen LogP contribution >= 0.6 is 22.7 Å². The molecule has 3 nitrogen and oxygen atoms in total. The molecule has 3 heterocycles. The van der Waals surface area contributed by atoms with Crippen LogP contribution in [0.15, 0.2) is 16.8 Å². The van der Waals surface area contributed by atoms with Crippen molar-refractivity contribution in [3.63, 3.8) is 0 Å². The zero-order chi connectivity index (χ0) is 17.3. The van der Waals surface area contributed by atoms with Crippen molar-refractivity contribution in [3.8, 4) is 10.6 Å². The third kappa shape index (κ3) is 2.21. The highest BCUT2D eigenvalue weighted by Crippen LogP contribution is 2.59. The van der Waals surface area contributed by atoms with Gasteiger partial charge in [0.25, 0.3) is 0 Å². The highest BCUT2D eigenvalue weighted by atomic mass is 32.1. The summed E-state index contributed by atoms with van der Waals surface area (Å²) < 4.78 is 5.92. The lowest BCUT2D eigenvalue weighted by Gasteiger charge is -2.51. The maximum absolute atomic E-state index is 12.2. The Morgan fingerprint density at radius 1 is 1.32 bits per heavy atom. The third-order valence-electron chi connectivity index (χ3n) is 6.93. The lowest BCUT2D eigenvalue weighted by molar-refractivity contribution is -0.149. The quantitative estimate of drug-likeness (QED) is 0.651. The minimum Gasteiger partial charge on any atom is -0.461 e. The van der Waals surface area contributed by atoms with E-state index in [0.717, 1.165) is 17.8 Å². The van der Waals surface area contributed by atoms with Gasteiger partial charge in [-0.1, -0.05) is 20.8 Å². The second-order valence-corrected chi connectivity index (χ2v) is 10.2. The molecule has 0 bridgehead atoms. The van der Waals surface area contributed by atoms with Crippen LogP contribution in [0.3, 0.4) is 0 Å². The van der Waals surface area contributed by atoms with Crippen LogP contribution in [0.1, 0.15) is 50.1 Å². The van der Waals surface area contributed by atoms with E-state index in [1.165, 1.54) is 22.6 Å². The normalized spacial score (nSPS) is 39.5. The number of thiophene rings is 1. The van der Waals surface area contributed by atoms with Gasteiger partial charge in [-0.3, -0.25) is 4.79 Å². The molecule has 0 aromatic carbocycles. The fourth-order valence-electron chi connectivity index (χ4n) is 5.59. The van der Waals surface area contributed by atoms with E-state index in [4.69, 9.17) is 9.72 Å². The predicted octanol–water partition coefficient (Wildman–Crippen LogP) is 5.13. The molecule has 2 fully saturated rings. The van der Waals surface area contributed by atoms with Crippen molar-refractivity contribution in [1.82, 2.24) is 4.98 Å². The van der Waals surface area contributed by atoms with E-state index in [-0.39, 0.29) is 23.4 Å². The van der Waals surface area contributed by atoms with E-state index in [9.17, 15) is 4.79 Å². The first-order valence-corrected chi connectivity index (χ1v) is 11.0. The zero-order valence-corrected chi connectivity index (χ0v) is 16.5. The van der Waals surface area contributed by atoms with Gasteiger partial charge in [-0.15, -0.1) is 11.3 Å². The number of nitrogens with zero attached hydrogens (tertiary/aromatic N) is 1. The van der Waals surface area contributed by atoms with Crippen molar-refractivity contribution < 1.29 is 9.53 Å². The first-order valence-electron chi connectivity index (χ1n) is 9.20. The largest absolute Gasteiger partial charge is 0.461 e. The number of aromatic nitrogens is 1. The summed E-state index contributed by atoms with van der Waals surface area (Å²) >= 11 is 3.59. The summed E-state index contributed by atoms with van der Waals surface area (Å²) in [5, 5.41) is 5.44. The number of fused-ring (bicyclic) bond motifs is 4. The van der Waals surface area contributed by atoms with Crippen molar-refractivity contribution >= 4 is 28.6 Å². The van der Waals surface area contributed by atoms with Gasteiger partial charge in [0.2, 0.25) is 0 Å². The van der Waals surface area contributed by atoms with Gasteiger partial charge >= 0.3 is 5.97 Å². The van der Waals surface area contributed by atoms with Crippen LogP contribution in [0, 0.1) is 23.2 Å². The molecule has 25 heavy (non-hydrogen) atoms. The van der Waals surface area contributed by atoms with Crippen LogP contribution < -0.4 is 0 Å². The Morgan fingerprint density at radius 3 is 2.92 bits per heavy atom. The monoisotopic (exact) mass is 373 g/mol. The van der Waals surface area contributed by atoms with E-state index < -0.39 is 0 Å². The van der Waals surface area contributed by atoms with Gasteiger partial charge in [-0.2, -0.15) is 11.3 Å². The van der Waals surface area contributed by atoms with Crippen molar-refractivity contribution in [1.29, 1.82) is 0 Å².